The molecule has 0 aromatic carbocycles. The third-order valence-corrected chi connectivity index (χ3v) is 5.56. The lowest BCUT2D eigenvalue weighted by molar-refractivity contribution is 0.118. The molecule has 0 N–H and O–H groups in total. The van der Waals surface area contributed by atoms with Gasteiger partial charge in [0, 0.05) is 0 Å². The maximum atomic E-state index is 2.43. The van der Waals surface area contributed by atoms with Gasteiger partial charge in [-0.2, -0.15) is 0 Å². The van der Waals surface area contributed by atoms with Crippen molar-refractivity contribution >= 4 is 0 Å². The van der Waals surface area contributed by atoms with Crippen LogP contribution in [0.5, 0.6) is 0 Å². The van der Waals surface area contributed by atoms with E-state index >= 15 is 0 Å². The van der Waals surface area contributed by atoms with Gasteiger partial charge in [-0.1, -0.05) is 59.3 Å². The monoisotopic (exact) mass is 236 g/mol. The first kappa shape index (κ1) is 13.4. The Hall–Kier alpha value is 0. The molecule has 0 aromatic rings. The fraction of sp³-hybridized carbons (Fsp3) is 1.00. The SMILES string of the molecule is CC(C)(C)C1CCC(C2CCCCCC2)CC1. The third-order valence-electron chi connectivity index (χ3n) is 5.56. The molecular formula is C17H32. The summed E-state index contributed by atoms with van der Waals surface area (Å²) in [7, 11) is 0. The number of hydrogen-bond acceptors (Lipinski definition) is 0. The molecule has 17 heavy (non-hydrogen) atoms. The summed E-state index contributed by atoms with van der Waals surface area (Å²) in [5.74, 6) is 3.18. The van der Waals surface area contributed by atoms with E-state index in [2.05, 4.69) is 20.8 Å². The quantitative estimate of drug-likeness (QED) is 0.504. The van der Waals surface area contributed by atoms with E-state index in [1.807, 2.05) is 0 Å². The van der Waals surface area contributed by atoms with Crippen molar-refractivity contribution in [1.82, 2.24) is 0 Å². The van der Waals surface area contributed by atoms with E-state index in [1.54, 1.807) is 12.8 Å². The molecule has 2 aliphatic rings. The van der Waals surface area contributed by atoms with Gasteiger partial charge in [0.15, 0.2) is 0 Å². The van der Waals surface area contributed by atoms with Crippen LogP contribution in [0.1, 0.15) is 85.0 Å². The van der Waals surface area contributed by atoms with Crippen LogP contribution >= 0.6 is 0 Å². The van der Waals surface area contributed by atoms with Gasteiger partial charge in [-0.05, 0) is 48.9 Å². The van der Waals surface area contributed by atoms with Gasteiger partial charge in [0.1, 0.15) is 0 Å². The van der Waals surface area contributed by atoms with Crippen molar-refractivity contribution in [2.24, 2.45) is 23.2 Å². The molecule has 2 rings (SSSR count). The van der Waals surface area contributed by atoms with E-state index < -0.39 is 0 Å². The maximum absolute atomic E-state index is 2.43. The van der Waals surface area contributed by atoms with Gasteiger partial charge in [-0.25, -0.2) is 0 Å². The lowest BCUT2D eigenvalue weighted by atomic mass is 9.66. The molecule has 0 unspecified atom stereocenters. The van der Waals surface area contributed by atoms with E-state index in [1.165, 1.54) is 51.4 Å². The topological polar surface area (TPSA) is 0 Å². The maximum Gasteiger partial charge on any atom is -0.0354 e. The third kappa shape index (κ3) is 3.73. The highest BCUT2D eigenvalue weighted by Gasteiger charge is 2.32. The Bertz CT molecular complexity index is 207. The molecule has 2 saturated carbocycles. The summed E-state index contributed by atoms with van der Waals surface area (Å²) in [6.45, 7) is 7.30. The normalized spacial score (nSPS) is 33.4. The Labute approximate surface area is 109 Å². The standard InChI is InChI=1S/C17H32/c1-17(2,3)16-12-10-15(11-13-16)14-8-6-4-5-7-9-14/h14-16H,4-13H2,1-3H3. The smallest absolute Gasteiger partial charge is 0.0354 e. The molecule has 100 valence electrons. The first-order valence-electron chi connectivity index (χ1n) is 8.07. The minimum absolute atomic E-state index is 0.550. The zero-order chi connectivity index (χ0) is 12.3. The second-order valence-corrected chi connectivity index (χ2v) is 7.73. The second-order valence-electron chi connectivity index (χ2n) is 7.73. The molecule has 2 aliphatic carbocycles. The largest absolute Gasteiger partial charge is 0.0599 e. The van der Waals surface area contributed by atoms with E-state index in [-0.39, 0.29) is 0 Å². The lowest BCUT2D eigenvalue weighted by Crippen LogP contribution is -2.28. The minimum Gasteiger partial charge on any atom is -0.0599 e. The van der Waals surface area contributed by atoms with Crippen LogP contribution in [0.2, 0.25) is 0 Å². The molecule has 0 bridgehead atoms. The van der Waals surface area contributed by atoms with Gasteiger partial charge in [-0.15, -0.1) is 0 Å². The molecule has 0 heterocycles. The molecule has 0 amide bonds. The first-order valence-corrected chi connectivity index (χ1v) is 8.07. The van der Waals surface area contributed by atoms with Gasteiger partial charge in [-0.3, -0.25) is 0 Å². The Balaban J connectivity index is 1.81. The van der Waals surface area contributed by atoms with Crippen molar-refractivity contribution in [3.05, 3.63) is 0 Å². The Morgan fingerprint density at radius 3 is 1.53 bits per heavy atom. The van der Waals surface area contributed by atoms with Crippen LogP contribution in [0.25, 0.3) is 0 Å². The van der Waals surface area contributed by atoms with Crippen LogP contribution in [-0.4, -0.2) is 0 Å². The second kappa shape index (κ2) is 5.76. The molecule has 0 aromatic heterocycles. The van der Waals surface area contributed by atoms with Crippen LogP contribution in [0.3, 0.4) is 0 Å². The molecule has 0 aliphatic heterocycles. The summed E-state index contributed by atoms with van der Waals surface area (Å²) in [5.41, 5.74) is 0.550. The van der Waals surface area contributed by atoms with Crippen molar-refractivity contribution < 1.29 is 0 Å². The molecule has 0 saturated heterocycles. The van der Waals surface area contributed by atoms with Crippen molar-refractivity contribution in [1.29, 1.82) is 0 Å². The highest BCUT2D eigenvalue weighted by atomic mass is 14.4. The zero-order valence-corrected chi connectivity index (χ0v) is 12.3. The average Bonchev–Trinajstić information content (AvgIpc) is 2.56. The van der Waals surface area contributed by atoms with Crippen molar-refractivity contribution in [2.75, 3.05) is 0 Å². The predicted molar refractivity (Wildman–Crippen MR) is 76.1 cm³/mol. The Kier molecular flexibility index (Phi) is 4.55. The Morgan fingerprint density at radius 1 is 0.588 bits per heavy atom. The average molecular weight is 236 g/mol. The Morgan fingerprint density at radius 2 is 1.06 bits per heavy atom. The van der Waals surface area contributed by atoms with Crippen LogP contribution in [0.4, 0.5) is 0 Å². The summed E-state index contributed by atoms with van der Waals surface area (Å²) < 4.78 is 0. The van der Waals surface area contributed by atoms with Crippen LogP contribution in [0, 0.1) is 23.2 Å². The van der Waals surface area contributed by atoms with E-state index in [0.29, 0.717) is 5.41 Å². The summed E-state index contributed by atoms with van der Waals surface area (Å²) in [6.07, 6.45) is 15.2. The fourth-order valence-corrected chi connectivity index (χ4v) is 4.24. The van der Waals surface area contributed by atoms with Crippen molar-refractivity contribution in [3.8, 4) is 0 Å². The highest BCUT2D eigenvalue weighted by molar-refractivity contribution is 4.83. The first-order chi connectivity index (χ1) is 8.07. The molecular weight excluding hydrogens is 204 g/mol. The molecule has 2 fully saturated rings. The summed E-state index contributed by atoms with van der Waals surface area (Å²) in [5, 5.41) is 0. The molecule has 0 heteroatoms. The van der Waals surface area contributed by atoms with Crippen LogP contribution in [-0.2, 0) is 0 Å². The predicted octanol–water partition coefficient (Wildman–Crippen LogP) is 5.81. The molecule has 0 spiro atoms. The van der Waals surface area contributed by atoms with E-state index in [4.69, 9.17) is 0 Å². The fourth-order valence-electron chi connectivity index (χ4n) is 4.24. The lowest BCUT2D eigenvalue weighted by Gasteiger charge is -2.39. The van der Waals surface area contributed by atoms with Gasteiger partial charge in [0.05, 0.1) is 0 Å². The summed E-state index contributed by atoms with van der Waals surface area (Å²) in [6, 6.07) is 0. The molecule has 0 radical (unpaired) electrons. The number of hydrogen-bond donors (Lipinski definition) is 0. The minimum atomic E-state index is 0.550. The van der Waals surface area contributed by atoms with Gasteiger partial charge >= 0.3 is 0 Å². The molecule has 0 nitrogen and oxygen atoms in total. The number of rotatable bonds is 1. The van der Waals surface area contributed by atoms with E-state index in [0.717, 1.165) is 17.8 Å². The van der Waals surface area contributed by atoms with Gasteiger partial charge in [0.25, 0.3) is 0 Å². The molecule has 0 atom stereocenters. The van der Waals surface area contributed by atoms with E-state index in [9.17, 15) is 0 Å². The van der Waals surface area contributed by atoms with Gasteiger partial charge < -0.3 is 0 Å². The van der Waals surface area contributed by atoms with Gasteiger partial charge in [0.2, 0.25) is 0 Å². The summed E-state index contributed by atoms with van der Waals surface area (Å²) >= 11 is 0. The zero-order valence-electron chi connectivity index (χ0n) is 12.3. The van der Waals surface area contributed by atoms with Crippen LogP contribution < -0.4 is 0 Å². The van der Waals surface area contributed by atoms with Crippen molar-refractivity contribution in [2.45, 2.75) is 85.0 Å². The highest BCUT2D eigenvalue weighted by Crippen LogP contribution is 2.44. The summed E-state index contributed by atoms with van der Waals surface area (Å²) in [4.78, 5) is 0. The van der Waals surface area contributed by atoms with Crippen molar-refractivity contribution in [3.63, 3.8) is 0 Å². The van der Waals surface area contributed by atoms with Crippen LogP contribution in [0.15, 0.2) is 0 Å².